The van der Waals surface area contributed by atoms with Gasteiger partial charge in [-0.15, -0.1) is 0 Å². The number of hydrogen-bond acceptors (Lipinski definition) is 5. The first kappa shape index (κ1) is 38.4. The lowest BCUT2D eigenvalue weighted by Crippen LogP contribution is -2.35. The van der Waals surface area contributed by atoms with E-state index in [1.807, 2.05) is 12.1 Å². The lowest BCUT2D eigenvalue weighted by molar-refractivity contribution is 0.0442. The van der Waals surface area contributed by atoms with Gasteiger partial charge in [-0.1, -0.05) is 108 Å². The van der Waals surface area contributed by atoms with Crippen LogP contribution in [0, 0.1) is 6.92 Å². The predicted molar refractivity (Wildman–Crippen MR) is 215 cm³/mol. The second-order valence-electron chi connectivity index (χ2n) is 16.1. The molecule has 0 aromatic heterocycles. The second-order valence-corrected chi connectivity index (χ2v) is 16.1. The summed E-state index contributed by atoms with van der Waals surface area (Å²) < 4.78 is 24.6. The highest BCUT2D eigenvalue weighted by Gasteiger charge is 2.38. The molecule has 0 aliphatic carbocycles. The van der Waals surface area contributed by atoms with Crippen LogP contribution in [0.3, 0.4) is 0 Å². The highest BCUT2D eigenvalue weighted by molar-refractivity contribution is 5.89. The van der Waals surface area contributed by atoms with Gasteiger partial charge in [-0.3, -0.25) is 4.90 Å². The molecule has 0 radical (unpaired) electrons. The van der Waals surface area contributed by atoms with Crippen LogP contribution in [0.25, 0.3) is 0 Å². The van der Waals surface area contributed by atoms with Crippen LogP contribution < -0.4 is 14.4 Å². The van der Waals surface area contributed by atoms with E-state index in [0.717, 1.165) is 55.9 Å². The van der Waals surface area contributed by atoms with Gasteiger partial charge in [-0.05, 0) is 110 Å². The molecule has 0 bridgehead atoms. The maximum atomic E-state index is 13.1. The fraction of sp³-hybridized carbons (Fsp3) is 0.468. The van der Waals surface area contributed by atoms with Crippen LogP contribution in [0.15, 0.2) is 72.8 Å². The Balaban J connectivity index is 1.16. The third kappa shape index (κ3) is 8.92. The zero-order chi connectivity index (χ0) is 37.9. The summed E-state index contributed by atoms with van der Waals surface area (Å²) in [5.74, 6) is 1.99. The molecule has 2 fully saturated rings. The van der Waals surface area contributed by atoms with Crippen molar-refractivity contribution in [3.05, 3.63) is 123 Å². The van der Waals surface area contributed by atoms with E-state index in [4.69, 9.17) is 18.9 Å². The summed E-state index contributed by atoms with van der Waals surface area (Å²) in [5.41, 5.74) is 11.3. The zero-order valence-corrected chi connectivity index (χ0v) is 33.4. The molecule has 53 heavy (non-hydrogen) atoms. The van der Waals surface area contributed by atoms with E-state index in [1.165, 1.54) is 50.1 Å². The summed E-state index contributed by atoms with van der Waals surface area (Å²) in [6.07, 6.45) is 4.62. The summed E-state index contributed by atoms with van der Waals surface area (Å²) in [7, 11) is 0. The largest absolute Gasteiger partial charge is 0.490 e. The average Bonchev–Trinajstić information content (AvgIpc) is 3.91. The lowest BCUT2D eigenvalue weighted by atomic mass is 9.75. The molecule has 2 saturated heterocycles. The predicted octanol–water partition coefficient (Wildman–Crippen LogP) is 10.5. The third-order valence-electron chi connectivity index (χ3n) is 11.0. The summed E-state index contributed by atoms with van der Waals surface area (Å²) in [4.78, 5) is 14.8. The Kier molecular flexibility index (Phi) is 11.6. The van der Waals surface area contributed by atoms with Crippen LogP contribution in [0.4, 0.5) is 10.5 Å². The number of epoxide rings is 1. The number of ether oxygens (including phenoxy) is 4. The van der Waals surface area contributed by atoms with Crippen molar-refractivity contribution in [2.45, 2.75) is 124 Å². The molecule has 4 aromatic rings. The van der Waals surface area contributed by atoms with Crippen molar-refractivity contribution < 1.29 is 23.7 Å². The van der Waals surface area contributed by atoms with Gasteiger partial charge in [0.25, 0.3) is 0 Å². The van der Waals surface area contributed by atoms with Gasteiger partial charge in [-0.25, -0.2) is 4.79 Å². The van der Waals surface area contributed by atoms with Gasteiger partial charge >= 0.3 is 6.09 Å². The number of aryl methyl sites for hydroxylation is 5. The number of carbonyl (C=O) groups is 1. The minimum Gasteiger partial charge on any atom is -0.490 e. The highest BCUT2D eigenvalue weighted by atomic mass is 16.6. The number of cyclic esters (lactones) is 1. The maximum absolute atomic E-state index is 13.1. The van der Waals surface area contributed by atoms with Gasteiger partial charge < -0.3 is 18.9 Å². The second kappa shape index (κ2) is 16.0. The van der Waals surface area contributed by atoms with Crippen LogP contribution in [-0.4, -0.2) is 43.7 Å². The van der Waals surface area contributed by atoms with Crippen LogP contribution in [0.5, 0.6) is 11.5 Å². The highest BCUT2D eigenvalue weighted by Crippen LogP contribution is 2.41. The molecule has 0 spiro atoms. The molecule has 6 nitrogen and oxygen atoms in total. The van der Waals surface area contributed by atoms with Crippen molar-refractivity contribution >= 4 is 11.8 Å². The summed E-state index contributed by atoms with van der Waals surface area (Å²) in [6.45, 7) is 21.7. The normalized spacial score (nSPS) is 17.2. The number of amides is 1. The summed E-state index contributed by atoms with van der Waals surface area (Å²) >= 11 is 0. The molecule has 2 unspecified atom stereocenters. The van der Waals surface area contributed by atoms with Gasteiger partial charge in [0.05, 0.1) is 13.2 Å². The Bertz CT molecular complexity index is 1840. The van der Waals surface area contributed by atoms with Crippen molar-refractivity contribution in [1.82, 2.24) is 0 Å². The number of hydrogen-bond donors (Lipinski definition) is 0. The molecule has 2 aliphatic rings. The van der Waals surface area contributed by atoms with E-state index >= 15 is 0 Å². The van der Waals surface area contributed by atoms with E-state index in [0.29, 0.717) is 19.6 Å². The molecule has 4 aromatic carbocycles. The van der Waals surface area contributed by atoms with E-state index in [-0.39, 0.29) is 23.7 Å². The number of carbonyl (C=O) groups excluding carboxylic acids is 1. The maximum Gasteiger partial charge on any atom is 0.414 e. The van der Waals surface area contributed by atoms with E-state index in [9.17, 15) is 4.79 Å². The number of rotatable bonds is 16. The first-order valence-corrected chi connectivity index (χ1v) is 19.7. The smallest absolute Gasteiger partial charge is 0.414 e. The lowest BCUT2D eigenvalue weighted by Gasteiger charge is -2.33. The van der Waals surface area contributed by atoms with Crippen molar-refractivity contribution in [1.29, 1.82) is 0 Å². The Labute approximate surface area is 317 Å². The van der Waals surface area contributed by atoms with Gasteiger partial charge in [0, 0.05) is 17.5 Å². The quantitative estimate of drug-likeness (QED) is 0.108. The van der Waals surface area contributed by atoms with Crippen LogP contribution in [0.2, 0.25) is 0 Å². The molecule has 6 rings (SSSR count). The van der Waals surface area contributed by atoms with Crippen molar-refractivity contribution in [3.63, 3.8) is 0 Å². The molecule has 1 amide bonds. The van der Waals surface area contributed by atoms with E-state index in [1.54, 1.807) is 4.90 Å². The van der Waals surface area contributed by atoms with Crippen molar-refractivity contribution in [3.8, 4) is 11.5 Å². The van der Waals surface area contributed by atoms with Crippen molar-refractivity contribution in [2.75, 3.05) is 24.7 Å². The molecule has 0 N–H and O–H groups in total. The first-order valence-electron chi connectivity index (χ1n) is 19.7. The minimum atomic E-state index is -0.558. The SMILES string of the molecule is CCc1cc(C(C)(C)c2cc(CC)c(OC(C)(C)CC3CN(c4ccc(Cc5ccc(C)cc5)cc4)C(=O)O3)c(CC)c2)cc(CC)c1OCC1CO1. The molecule has 2 atom stereocenters. The van der Waals surface area contributed by atoms with Crippen LogP contribution in [-0.2, 0) is 47.0 Å². The standard InChI is InChI=1S/C47H59NO5/c1-10-34-23-38(24-35(11-2)43(34)51-30-42-29-50-42)47(8,9)39-25-36(12-3)44(37(13-4)26-39)53-46(6,7)27-41-28-48(45(49)52-41)40-20-18-33(19-21-40)22-32-16-14-31(5)15-17-32/h14-21,23-26,41-42H,10-13,22,27-30H2,1-9H3. The Morgan fingerprint density at radius 2 is 1.21 bits per heavy atom. The Hall–Kier alpha value is -4.29. The van der Waals surface area contributed by atoms with Gasteiger partial charge in [0.15, 0.2) is 0 Å². The topological polar surface area (TPSA) is 60.5 Å². The average molecular weight is 718 g/mol. The Morgan fingerprint density at radius 1 is 0.717 bits per heavy atom. The molecule has 2 heterocycles. The van der Waals surface area contributed by atoms with Gasteiger partial charge in [-0.2, -0.15) is 0 Å². The van der Waals surface area contributed by atoms with Crippen LogP contribution in [0.1, 0.15) is 112 Å². The Morgan fingerprint density at radius 3 is 1.70 bits per heavy atom. The van der Waals surface area contributed by atoms with Crippen molar-refractivity contribution in [2.24, 2.45) is 0 Å². The number of nitrogens with zero attached hydrogens (tertiary/aromatic N) is 1. The van der Waals surface area contributed by atoms with Gasteiger partial charge in [0.2, 0.25) is 0 Å². The summed E-state index contributed by atoms with van der Waals surface area (Å²) in [5, 5.41) is 0. The number of benzene rings is 4. The van der Waals surface area contributed by atoms with E-state index in [2.05, 4.69) is 123 Å². The van der Waals surface area contributed by atoms with E-state index < -0.39 is 5.60 Å². The third-order valence-corrected chi connectivity index (χ3v) is 11.0. The minimum absolute atomic E-state index is 0.228. The molecular formula is C47H59NO5. The van der Waals surface area contributed by atoms with Gasteiger partial charge in [0.1, 0.15) is 35.9 Å². The molecular weight excluding hydrogens is 659 g/mol. The zero-order valence-electron chi connectivity index (χ0n) is 33.4. The first-order chi connectivity index (χ1) is 25.3. The summed E-state index contributed by atoms with van der Waals surface area (Å²) in [6, 6.07) is 26.3. The number of anilines is 1. The fourth-order valence-corrected chi connectivity index (χ4v) is 7.54. The van der Waals surface area contributed by atoms with Crippen LogP contribution >= 0.6 is 0 Å². The molecule has 282 valence electrons. The molecule has 2 aliphatic heterocycles. The fourth-order valence-electron chi connectivity index (χ4n) is 7.54. The monoisotopic (exact) mass is 717 g/mol. The molecule has 6 heteroatoms. The molecule has 0 saturated carbocycles.